The van der Waals surface area contributed by atoms with Gasteiger partial charge in [-0.15, -0.1) is 0 Å². The molecule has 1 unspecified atom stereocenters. The van der Waals surface area contributed by atoms with E-state index in [9.17, 15) is 0 Å². The van der Waals surface area contributed by atoms with Gasteiger partial charge in [0.2, 0.25) is 0 Å². The molecule has 0 bridgehead atoms. The highest BCUT2D eigenvalue weighted by Gasteiger charge is 2.01. The zero-order chi connectivity index (χ0) is 10.4. The molecule has 1 aromatic heterocycles. The van der Waals surface area contributed by atoms with Crippen LogP contribution in [0.25, 0.3) is 0 Å². The van der Waals surface area contributed by atoms with Crippen LogP contribution in [0.15, 0.2) is 12.4 Å². The third kappa shape index (κ3) is 3.89. The summed E-state index contributed by atoms with van der Waals surface area (Å²) in [5.74, 6) is 0.670. The SMILES string of the molecule is CCOC(C)CNc1cncc(Cl)n1. The van der Waals surface area contributed by atoms with Gasteiger partial charge in [-0.05, 0) is 13.8 Å². The van der Waals surface area contributed by atoms with Gasteiger partial charge < -0.3 is 10.1 Å². The summed E-state index contributed by atoms with van der Waals surface area (Å²) in [5.41, 5.74) is 0. The molecule has 0 amide bonds. The minimum absolute atomic E-state index is 0.154. The molecule has 0 aromatic carbocycles. The zero-order valence-electron chi connectivity index (χ0n) is 8.33. The third-order valence-corrected chi connectivity index (χ3v) is 1.81. The highest BCUT2D eigenvalue weighted by molar-refractivity contribution is 6.29. The summed E-state index contributed by atoms with van der Waals surface area (Å²) in [6.07, 6.45) is 3.28. The molecule has 5 heteroatoms. The molecular weight excluding hydrogens is 202 g/mol. The summed E-state index contributed by atoms with van der Waals surface area (Å²) < 4.78 is 5.35. The number of hydrogen-bond acceptors (Lipinski definition) is 4. The smallest absolute Gasteiger partial charge is 0.149 e. The molecule has 0 spiro atoms. The summed E-state index contributed by atoms with van der Waals surface area (Å²) in [6.45, 7) is 5.37. The van der Waals surface area contributed by atoms with Crippen LogP contribution in [-0.4, -0.2) is 29.2 Å². The molecule has 4 nitrogen and oxygen atoms in total. The van der Waals surface area contributed by atoms with Crippen molar-refractivity contribution < 1.29 is 4.74 Å². The normalized spacial score (nSPS) is 12.5. The Morgan fingerprint density at radius 2 is 2.36 bits per heavy atom. The van der Waals surface area contributed by atoms with Gasteiger partial charge in [0, 0.05) is 13.2 Å². The van der Waals surface area contributed by atoms with Gasteiger partial charge >= 0.3 is 0 Å². The van der Waals surface area contributed by atoms with Crippen molar-refractivity contribution in [1.29, 1.82) is 0 Å². The summed E-state index contributed by atoms with van der Waals surface area (Å²) >= 11 is 5.68. The Labute approximate surface area is 88.7 Å². The van der Waals surface area contributed by atoms with Gasteiger partial charge in [-0.2, -0.15) is 0 Å². The van der Waals surface area contributed by atoms with Crippen LogP contribution in [0, 0.1) is 0 Å². The number of nitrogens with zero attached hydrogens (tertiary/aromatic N) is 2. The summed E-state index contributed by atoms with van der Waals surface area (Å²) in [7, 11) is 0. The minimum atomic E-state index is 0.154. The molecular formula is C9H14ClN3O. The van der Waals surface area contributed by atoms with Crippen LogP contribution in [0.4, 0.5) is 5.82 Å². The number of anilines is 1. The maximum Gasteiger partial charge on any atom is 0.149 e. The number of nitrogens with one attached hydrogen (secondary N) is 1. The van der Waals surface area contributed by atoms with Crippen LogP contribution < -0.4 is 5.32 Å². The van der Waals surface area contributed by atoms with E-state index in [4.69, 9.17) is 16.3 Å². The van der Waals surface area contributed by atoms with E-state index in [0.717, 1.165) is 0 Å². The number of rotatable bonds is 5. The first-order chi connectivity index (χ1) is 6.72. The van der Waals surface area contributed by atoms with E-state index in [0.29, 0.717) is 24.1 Å². The first-order valence-electron chi connectivity index (χ1n) is 4.55. The van der Waals surface area contributed by atoms with Crippen LogP contribution in [0.3, 0.4) is 0 Å². The molecule has 14 heavy (non-hydrogen) atoms. The Morgan fingerprint density at radius 1 is 1.57 bits per heavy atom. The van der Waals surface area contributed by atoms with Crippen LogP contribution in [0.5, 0.6) is 0 Å². The zero-order valence-corrected chi connectivity index (χ0v) is 9.08. The second-order valence-electron chi connectivity index (χ2n) is 2.87. The van der Waals surface area contributed by atoms with Crippen molar-refractivity contribution in [3.8, 4) is 0 Å². The fourth-order valence-electron chi connectivity index (χ4n) is 1.02. The number of ether oxygens (including phenoxy) is 1. The van der Waals surface area contributed by atoms with E-state index < -0.39 is 0 Å². The second-order valence-corrected chi connectivity index (χ2v) is 3.26. The van der Waals surface area contributed by atoms with E-state index >= 15 is 0 Å². The van der Waals surface area contributed by atoms with Crippen molar-refractivity contribution in [1.82, 2.24) is 9.97 Å². The first kappa shape index (κ1) is 11.2. The number of aromatic nitrogens is 2. The molecule has 0 aliphatic heterocycles. The summed E-state index contributed by atoms with van der Waals surface area (Å²) in [6, 6.07) is 0. The number of hydrogen-bond donors (Lipinski definition) is 1. The third-order valence-electron chi connectivity index (χ3n) is 1.63. The van der Waals surface area contributed by atoms with Crippen LogP contribution in [-0.2, 0) is 4.74 Å². The van der Waals surface area contributed by atoms with Crippen molar-refractivity contribution >= 4 is 17.4 Å². The Balaban J connectivity index is 2.37. The van der Waals surface area contributed by atoms with Gasteiger partial charge in [0.25, 0.3) is 0 Å². The lowest BCUT2D eigenvalue weighted by atomic mass is 10.4. The molecule has 0 aliphatic rings. The van der Waals surface area contributed by atoms with E-state index in [1.165, 1.54) is 6.20 Å². The molecule has 0 radical (unpaired) electrons. The van der Waals surface area contributed by atoms with Crippen molar-refractivity contribution in [3.63, 3.8) is 0 Å². The van der Waals surface area contributed by atoms with E-state index in [1.807, 2.05) is 13.8 Å². The number of halogens is 1. The van der Waals surface area contributed by atoms with Gasteiger partial charge in [0.15, 0.2) is 0 Å². The van der Waals surface area contributed by atoms with Gasteiger partial charge in [-0.3, -0.25) is 4.98 Å². The Bertz CT molecular complexity index is 283. The molecule has 0 saturated heterocycles. The summed E-state index contributed by atoms with van der Waals surface area (Å²) in [4.78, 5) is 7.95. The van der Waals surface area contributed by atoms with E-state index in [-0.39, 0.29) is 6.10 Å². The van der Waals surface area contributed by atoms with Crippen molar-refractivity contribution in [3.05, 3.63) is 17.5 Å². The molecule has 1 N–H and O–H groups in total. The molecule has 0 aliphatic carbocycles. The summed E-state index contributed by atoms with van der Waals surface area (Å²) in [5, 5.41) is 3.48. The molecule has 0 fully saturated rings. The maximum absolute atomic E-state index is 5.68. The van der Waals surface area contributed by atoms with E-state index in [2.05, 4.69) is 15.3 Å². The van der Waals surface area contributed by atoms with Crippen LogP contribution >= 0.6 is 11.6 Å². The van der Waals surface area contributed by atoms with Crippen molar-refractivity contribution in [2.75, 3.05) is 18.5 Å². The van der Waals surface area contributed by atoms with E-state index in [1.54, 1.807) is 6.20 Å². The van der Waals surface area contributed by atoms with Crippen molar-refractivity contribution in [2.45, 2.75) is 20.0 Å². The molecule has 1 rings (SSSR count). The fourth-order valence-corrected chi connectivity index (χ4v) is 1.17. The molecule has 78 valence electrons. The van der Waals surface area contributed by atoms with Gasteiger partial charge in [-0.1, -0.05) is 11.6 Å². The fraction of sp³-hybridized carbons (Fsp3) is 0.556. The van der Waals surface area contributed by atoms with Gasteiger partial charge in [0.05, 0.1) is 18.5 Å². The first-order valence-corrected chi connectivity index (χ1v) is 4.93. The Kier molecular flexibility index (Phi) is 4.62. The molecule has 1 aromatic rings. The quantitative estimate of drug-likeness (QED) is 0.816. The Morgan fingerprint density at radius 3 is 3.00 bits per heavy atom. The highest BCUT2D eigenvalue weighted by Crippen LogP contribution is 2.06. The monoisotopic (exact) mass is 215 g/mol. The second kappa shape index (κ2) is 5.78. The lowest BCUT2D eigenvalue weighted by Crippen LogP contribution is -2.20. The van der Waals surface area contributed by atoms with Crippen LogP contribution in [0.2, 0.25) is 5.15 Å². The maximum atomic E-state index is 5.68. The van der Waals surface area contributed by atoms with Gasteiger partial charge in [-0.25, -0.2) is 4.98 Å². The predicted octanol–water partition coefficient (Wildman–Crippen LogP) is 1.97. The van der Waals surface area contributed by atoms with Crippen molar-refractivity contribution in [2.24, 2.45) is 0 Å². The topological polar surface area (TPSA) is 47.0 Å². The average molecular weight is 216 g/mol. The minimum Gasteiger partial charge on any atom is -0.377 e. The van der Waals surface area contributed by atoms with Gasteiger partial charge in [0.1, 0.15) is 11.0 Å². The average Bonchev–Trinajstić information content (AvgIpc) is 2.15. The molecule has 0 saturated carbocycles. The largest absolute Gasteiger partial charge is 0.377 e. The highest BCUT2D eigenvalue weighted by atomic mass is 35.5. The lowest BCUT2D eigenvalue weighted by molar-refractivity contribution is 0.0855. The predicted molar refractivity (Wildman–Crippen MR) is 56.6 cm³/mol. The van der Waals surface area contributed by atoms with Crippen LogP contribution in [0.1, 0.15) is 13.8 Å². The lowest BCUT2D eigenvalue weighted by Gasteiger charge is -2.12. The molecule has 1 heterocycles. The standard InChI is InChI=1S/C9H14ClN3O/c1-3-14-7(2)4-12-9-6-11-5-8(10)13-9/h5-7H,3-4H2,1-2H3,(H,12,13). The Hall–Kier alpha value is -0.870. The molecule has 1 atom stereocenters.